The predicted octanol–water partition coefficient (Wildman–Crippen LogP) is 4.47. The van der Waals surface area contributed by atoms with Crippen LogP contribution in [0.1, 0.15) is 53.9 Å². The molecule has 0 N–H and O–H groups in total. The Kier molecular flexibility index (Phi) is 5.24. The molecule has 0 aromatic heterocycles. The molecule has 0 spiro atoms. The SMILES string of the molecule is CCCCC(C)C(C)C(C)(C)Cl. The van der Waals surface area contributed by atoms with E-state index in [2.05, 4.69) is 34.6 Å². The zero-order valence-corrected chi connectivity index (χ0v) is 9.91. The van der Waals surface area contributed by atoms with E-state index in [0.29, 0.717) is 5.92 Å². The number of hydrogen-bond acceptors (Lipinski definition) is 0. The van der Waals surface area contributed by atoms with Gasteiger partial charge in [0.05, 0.1) is 0 Å². The van der Waals surface area contributed by atoms with Gasteiger partial charge in [-0.3, -0.25) is 0 Å². The second-order valence-electron chi connectivity index (χ2n) is 4.47. The summed E-state index contributed by atoms with van der Waals surface area (Å²) in [6, 6.07) is 0. The summed E-state index contributed by atoms with van der Waals surface area (Å²) in [6.07, 6.45) is 3.94. The monoisotopic (exact) mass is 190 g/mol. The van der Waals surface area contributed by atoms with Gasteiger partial charge in [-0.15, -0.1) is 11.6 Å². The van der Waals surface area contributed by atoms with Crippen molar-refractivity contribution in [3.05, 3.63) is 0 Å². The quantitative estimate of drug-likeness (QED) is 0.562. The molecule has 0 radical (unpaired) electrons. The molecule has 0 rings (SSSR count). The van der Waals surface area contributed by atoms with Gasteiger partial charge >= 0.3 is 0 Å². The van der Waals surface area contributed by atoms with E-state index in [-0.39, 0.29) is 4.87 Å². The van der Waals surface area contributed by atoms with Gasteiger partial charge in [-0.25, -0.2) is 0 Å². The van der Waals surface area contributed by atoms with Gasteiger partial charge in [0.25, 0.3) is 0 Å². The maximum absolute atomic E-state index is 6.26. The molecule has 0 bridgehead atoms. The van der Waals surface area contributed by atoms with E-state index in [0.717, 1.165) is 5.92 Å². The van der Waals surface area contributed by atoms with Crippen molar-refractivity contribution in [1.29, 1.82) is 0 Å². The van der Waals surface area contributed by atoms with Crippen LogP contribution in [0.5, 0.6) is 0 Å². The molecular weight excluding hydrogens is 168 g/mol. The number of alkyl halides is 1. The van der Waals surface area contributed by atoms with Crippen LogP contribution < -0.4 is 0 Å². The van der Waals surface area contributed by atoms with Crippen LogP contribution in [0, 0.1) is 11.8 Å². The Morgan fingerprint density at radius 1 is 1.25 bits per heavy atom. The largest absolute Gasteiger partial charge is 0.120 e. The molecule has 0 aliphatic rings. The first kappa shape index (κ1) is 12.3. The van der Waals surface area contributed by atoms with Crippen LogP contribution in [-0.2, 0) is 0 Å². The van der Waals surface area contributed by atoms with Crippen LogP contribution in [0.2, 0.25) is 0 Å². The van der Waals surface area contributed by atoms with Crippen LogP contribution in [0.25, 0.3) is 0 Å². The van der Waals surface area contributed by atoms with Crippen LogP contribution >= 0.6 is 11.6 Å². The van der Waals surface area contributed by atoms with Crippen molar-refractivity contribution in [3.8, 4) is 0 Å². The zero-order chi connectivity index (χ0) is 9.78. The summed E-state index contributed by atoms with van der Waals surface area (Å²) in [7, 11) is 0. The first-order valence-corrected chi connectivity index (χ1v) is 5.46. The highest BCUT2D eigenvalue weighted by Gasteiger charge is 2.26. The van der Waals surface area contributed by atoms with Crippen molar-refractivity contribution < 1.29 is 0 Å². The number of unbranched alkanes of at least 4 members (excludes halogenated alkanes) is 1. The zero-order valence-electron chi connectivity index (χ0n) is 9.15. The van der Waals surface area contributed by atoms with E-state index in [9.17, 15) is 0 Å². The Bertz CT molecular complexity index is 113. The van der Waals surface area contributed by atoms with Crippen molar-refractivity contribution in [3.63, 3.8) is 0 Å². The van der Waals surface area contributed by atoms with Gasteiger partial charge in [0.2, 0.25) is 0 Å². The molecule has 0 nitrogen and oxygen atoms in total. The van der Waals surface area contributed by atoms with E-state index < -0.39 is 0 Å². The van der Waals surface area contributed by atoms with Gasteiger partial charge in [0.15, 0.2) is 0 Å². The molecule has 1 heteroatoms. The van der Waals surface area contributed by atoms with Crippen molar-refractivity contribution in [2.24, 2.45) is 11.8 Å². The molecule has 0 saturated heterocycles. The Labute approximate surface area is 82.7 Å². The van der Waals surface area contributed by atoms with Crippen molar-refractivity contribution >= 4 is 11.6 Å². The van der Waals surface area contributed by atoms with Gasteiger partial charge < -0.3 is 0 Å². The fraction of sp³-hybridized carbons (Fsp3) is 1.00. The van der Waals surface area contributed by atoms with Crippen LogP contribution in [0.15, 0.2) is 0 Å². The summed E-state index contributed by atoms with van der Waals surface area (Å²) in [5.74, 6) is 1.35. The summed E-state index contributed by atoms with van der Waals surface area (Å²) in [5.41, 5.74) is 0. The lowest BCUT2D eigenvalue weighted by Gasteiger charge is -2.30. The summed E-state index contributed by atoms with van der Waals surface area (Å²) in [6.45, 7) is 11.0. The third-order valence-corrected chi connectivity index (χ3v) is 3.29. The molecule has 0 aromatic carbocycles. The van der Waals surface area contributed by atoms with Gasteiger partial charge in [-0.2, -0.15) is 0 Å². The Hall–Kier alpha value is 0.290. The van der Waals surface area contributed by atoms with Gasteiger partial charge in [0.1, 0.15) is 0 Å². The van der Waals surface area contributed by atoms with E-state index in [1.807, 2.05) is 0 Å². The molecule has 0 amide bonds. The van der Waals surface area contributed by atoms with Gasteiger partial charge in [-0.05, 0) is 25.7 Å². The van der Waals surface area contributed by atoms with Crippen LogP contribution in [0.3, 0.4) is 0 Å². The normalized spacial score (nSPS) is 17.5. The molecule has 0 saturated carbocycles. The first-order chi connectivity index (χ1) is 5.39. The predicted molar refractivity (Wildman–Crippen MR) is 57.8 cm³/mol. The van der Waals surface area contributed by atoms with Gasteiger partial charge in [-0.1, -0.05) is 40.0 Å². The van der Waals surface area contributed by atoms with Crippen LogP contribution in [-0.4, -0.2) is 4.87 Å². The minimum Gasteiger partial charge on any atom is -0.120 e. The standard InChI is InChI=1S/C11H23Cl/c1-6-7-8-9(2)10(3)11(4,5)12/h9-10H,6-8H2,1-5H3. The number of rotatable bonds is 5. The van der Waals surface area contributed by atoms with Crippen molar-refractivity contribution in [1.82, 2.24) is 0 Å². The molecule has 12 heavy (non-hydrogen) atoms. The Morgan fingerprint density at radius 2 is 1.75 bits per heavy atom. The molecule has 0 heterocycles. The topological polar surface area (TPSA) is 0 Å². The molecule has 2 unspecified atom stereocenters. The molecular formula is C11H23Cl. The second-order valence-corrected chi connectivity index (χ2v) is 5.45. The second kappa shape index (κ2) is 5.11. The first-order valence-electron chi connectivity index (χ1n) is 5.08. The summed E-state index contributed by atoms with van der Waals surface area (Å²) in [4.78, 5) is -0.0485. The fourth-order valence-corrected chi connectivity index (χ4v) is 1.67. The third-order valence-electron chi connectivity index (χ3n) is 2.95. The Balaban J connectivity index is 3.84. The van der Waals surface area contributed by atoms with Crippen LogP contribution in [0.4, 0.5) is 0 Å². The third kappa shape index (κ3) is 4.35. The summed E-state index contributed by atoms with van der Waals surface area (Å²) < 4.78 is 0. The van der Waals surface area contributed by atoms with E-state index >= 15 is 0 Å². The molecule has 0 aliphatic heterocycles. The lowest BCUT2D eigenvalue weighted by atomic mass is 9.83. The van der Waals surface area contributed by atoms with E-state index in [4.69, 9.17) is 11.6 Å². The molecule has 74 valence electrons. The highest BCUT2D eigenvalue weighted by Crippen LogP contribution is 2.32. The highest BCUT2D eigenvalue weighted by atomic mass is 35.5. The molecule has 0 aliphatic carbocycles. The minimum absolute atomic E-state index is 0.0485. The minimum atomic E-state index is -0.0485. The van der Waals surface area contributed by atoms with Crippen molar-refractivity contribution in [2.75, 3.05) is 0 Å². The number of hydrogen-bond donors (Lipinski definition) is 0. The maximum Gasteiger partial charge on any atom is 0.0418 e. The summed E-state index contributed by atoms with van der Waals surface area (Å²) in [5, 5.41) is 0. The maximum atomic E-state index is 6.26. The fourth-order valence-electron chi connectivity index (χ4n) is 1.45. The molecule has 0 fully saturated rings. The number of halogens is 1. The molecule has 2 atom stereocenters. The lowest BCUT2D eigenvalue weighted by molar-refractivity contribution is 0.296. The highest BCUT2D eigenvalue weighted by molar-refractivity contribution is 6.23. The smallest absolute Gasteiger partial charge is 0.0418 e. The van der Waals surface area contributed by atoms with E-state index in [1.54, 1.807) is 0 Å². The Morgan fingerprint density at radius 3 is 2.08 bits per heavy atom. The molecule has 0 aromatic rings. The van der Waals surface area contributed by atoms with Gasteiger partial charge in [0, 0.05) is 4.87 Å². The average Bonchev–Trinajstić information content (AvgIpc) is 1.97. The lowest BCUT2D eigenvalue weighted by Crippen LogP contribution is -2.27. The van der Waals surface area contributed by atoms with Crippen molar-refractivity contribution in [2.45, 2.75) is 58.8 Å². The average molecular weight is 191 g/mol. The van der Waals surface area contributed by atoms with E-state index in [1.165, 1.54) is 19.3 Å². The summed E-state index contributed by atoms with van der Waals surface area (Å²) >= 11 is 6.26.